The zero-order valence-corrected chi connectivity index (χ0v) is 12.5. The van der Waals surface area contributed by atoms with Gasteiger partial charge in [0.15, 0.2) is 0 Å². The standard InChI is InChI=1S/C17H17N5O/c23-17(14-8-13(21-22-14)12-6-7-12)19-10-16-18-9-15(20-16)11-4-2-1-3-5-11/h1-5,8-9,12H,6-7,10H2,(H,18,20)(H,19,23)(H,21,22). The van der Waals surface area contributed by atoms with Gasteiger partial charge in [-0.05, 0) is 24.5 Å². The van der Waals surface area contributed by atoms with E-state index in [0.717, 1.165) is 22.8 Å². The van der Waals surface area contributed by atoms with Crippen molar-refractivity contribution in [3.63, 3.8) is 0 Å². The molecule has 0 aliphatic heterocycles. The summed E-state index contributed by atoms with van der Waals surface area (Å²) in [5, 5.41) is 9.85. The fourth-order valence-corrected chi connectivity index (χ4v) is 2.53. The minimum absolute atomic E-state index is 0.189. The highest BCUT2D eigenvalue weighted by Gasteiger charge is 2.26. The van der Waals surface area contributed by atoms with Crippen LogP contribution in [-0.2, 0) is 6.54 Å². The van der Waals surface area contributed by atoms with Crippen molar-refractivity contribution in [3.8, 4) is 11.3 Å². The third-order valence-corrected chi connectivity index (χ3v) is 3.98. The summed E-state index contributed by atoms with van der Waals surface area (Å²) in [6.07, 6.45) is 4.13. The van der Waals surface area contributed by atoms with Crippen LogP contribution in [0.4, 0.5) is 0 Å². The fraction of sp³-hybridized carbons (Fsp3) is 0.235. The number of benzene rings is 1. The number of hydrogen-bond donors (Lipinski definition) is 3. The molecular formula is C17H17N5O. The molecule has 23 heavy (non-hydrogen) atoms. The lowest BCUT2D eigenvalue weighted by Crippen LogP contribution is -2.23. The van der Waals surface area contributed by atoms with Gasteiger partial charge in [0.05, 0.1) is 18.4 Å². The first kappa shape index (κ1) is 13.8. The van der Waals surface area contributed by atoms with Crippen molar-refractivity contribution in [2.75, 3.05) is 0 Å². The predicted octanol–water partition coefficient (Wildman–Crippen LogP) is 2.61. The van der Waals surface area contributed by atoms with Crippen molar-refractivity contribution in [3.05, 3.63) is 59.8 Å². The summed E-state index contributed by atoms with van der Waals surface area (Å²) in [6.45, 7) is 0.345. The van der Waals surface area contributed by atoms with Crippen LogP contribution >= 0.6 is 0 Å². The van der Waals surface area contributed by atoms with Crippen molar-refractivity contribution >= 4 is 5.91 Å². The molecule has 3 N–H and O–H groups in total. The van der Waals surface area contributed by atoms with Gasteiger partial charge in [-0.15, -0.1) is 0 Å². The molecule has 1 saturated carbocycles. The summed E-state index contributed by atoms with van der Waals surface area (Å²) in [5.74, 6) is 1.09. The smallest absolute Gasteiger partial charge is 0.272 e. The zero-order valence-electron chi connectivity index (χ0n) is 12.5. The van der Waals surface area contributed by atoms with E-state index in [-0.39, 0.29) is 5.91 Å². The van der Waals surface area contributed by atoms with Gasteiger partial charge in [-0.1, -0.05) is 30.3 Å². The van der Waals surface area contributed by atoms with Crippen molar-refractivity contribution in [1.82, 2.24) is 25.5 Å². The van der Waals surface area contributed by atoms with Crippen LogP contribution in [0.3, 0.4) is 0 Å². The number of amides is 1. The molecular weight excluding hydrogens is 290 g/mol. The Hall–Kier alpha value is -2.89. The van der Waals surface area contributed by atoms with Gasteiger partial charge in [0.25, 0.3) is 5.91 Å². The summed E-state index contributed by atoms with van der Waals surface area (Å²) in [7, 11) is 0. The maximum absolute atomic E-state index is 12.1. The van der Waals surface area contributed by atoms with Crippen molar-refractivity contribution < 1.29 is 4.79 Å². The number of carbonyl (C=O) groups is 1. The van der Waals surface area contributed by atoms with E-state index in [4.69, 9.17) is 0 Å². The molecule has 1 aliphatic carbocycles. The zero-order chi connectivity index (χ0) is 15.6. The molecule has 0 spiro atoms. The molecule has 0 radical (unpaired) electrons. The van der Waals surface area contributed by atoms with Crippen molar-refractivity contribution in [1.29, 1.82) is 0 Å². The van der Waals surface area contributed by atoms with Crippen LogP contribution in [0.5, 0.6) is 0 Å². The van der Waals surface area contributed by atoms with Crippen LogP contribution in [0.2, 0.25) is 0 Å². The Morgan fingerprint density at radius 1 is 1.26 bits per heavy atom. The van der Waals surface area contributed by atoms with Gasteiger partial charge in [0, 0.05) is 11.6 Å². The van der Waals surface area contributed by atoms with E-state index in [1.165, 1.54) is 12.8 Å². The van der Waals surface area contributed by atoms with E-state index >= 15 is 0 Å². The number of aromatic amines is 2. The van der Waals surface area contributed by atoms with E-state index in [1.54, 1.807) is 6.20 Å². The van der Waals surface area contributed by atoms with E-state index in [1.807, 2.05) is 36.4 Å². The molecule has 1 aromatic carbocycles. The van der Waals surface area contributed by atoms with Crippen LogP contribution in [0.15, 0.2) is 42.6 Å². The predicted molar refractivity (Wildman–Crippen MR) is 85.8 cm³/mol. The quantitative estimate of drug-likeness (QED) is 0.677. The topological polar surface area (TPSA) is 86.5 Å². The second-order valence-electron chi connectivity index (χ2n) is 5.78. The van der Waals surface area contributed by atoms with Crippen LogP contribution in [0, 0.1) is 0 Å². The molecule has 0 atom stereocenters. The fourth-order valence-electron chi connectivity index (χ4n) is 2.53. The SMILES string of the molecule is O=C(NCc1ncc(-c2ccccc2)[nH]1)c1cc(C2CC2)[nH]n1. The van der Waals surface area contributed by atoms with Crippen LogP contribution < -0.4 is 5.32 Å². The average molecular weight is 307 g/mol. The first-order chi connectivity index (χ1) is 11.3. The summed E-state index contributed by atoms with van der Waals surface area (Å²) < 4.78 is 0. The molecule has 3 aromatic rings. The van der Waals surface area contributed by atoms with Crippen molar-refractivity contribution in [2.24, 2.45) is 0 Å². The number of hydrogen-bond acceptors (Lipinski definition) is 3. The highest BCUT2D eigenvalue weighted by atomic mass is 16.1. The average Bonchev–Trinajstić information content (AvgIpc) is 3.14. The molecule has 2 heterocycles. The summed E-state index contributed by atoms with van der Waals surface area (Å²) in [6, 6.07) is 11.8. The highest BCUT2D eigenvalue weighted by Crippen LogP contribution is 2.38. The van der Waals surface area contributed by atoms with Gasteiger partial charge in [-0.2, -0.15) is 5.10 Å². The molecule has 6 heteroatoms. The maximum Gasteiger partial charge on any atom is 0.272 e. The minimum atomic E-state index is -0.189. The molecule has 2 aromatic heterocycles. The van der Waals surface area contributed by atoms with Crippen LogP contribution in [-0.4, -0.2) is 26.1 Å². The van der Waals surface area contributed by atoms with Gasteiger partial charge in [0.2, 0.25) is 0 Å². The molecule has 116 valence electrons. The summed E-state index contributed by atoms with van der Waals surface area (Å²) in [5.41, 5.74) is 3.49. The minimum Gasteiger partial charge on any atom is -0.343 e. The van der Waals surface area contributed by atoms with E-state index in [0.29, 0.717) is 18.2 Å². The first-order valence-corrected chi connectivity index (χ1v) is 7.72. The normalized spacial score (nSPS) is 13.9. The Morgan fingerprint density at radius 3 is 2.87 bits per heavy atom. The molecule has 4 rings (SSSR count). The monoisotopic (exact) mass is 307 g/mol. The number of nitrogens with one attached hydrogen (secondary N) is 3. The maximum atomic E-state index is 12.1. The molecule has 1 aliphatic rings. The summed E-state index contributed by atoms with van der Waals surface area (Å²) in [4.78, 5) is 19.6. The van der Waals surface area contributed by atoms with E-state index in [2.05, 4.69) is 25.5 Å². The number of H-pyrrole nitrogens is 2. The Labute approximate surface area is 133 Å². The molecule has 6 nitrogen and oxygen atoms in total. The third kappa shape index (κ3) is 3.01. The van der Waals surface area contributed by atoms with E-state index in [9.17, 15) is 4.79 Å². The molecule has 1 fully saturated rings. The second-order valence-corrected chi connectivity index (χ2v) is 5.78. The van der Waals surface area contributed by atoms with Gasteiger partial charge in [-0.3, -0.25) is 9.89 Å². The van der Waals surface area contributed by atoms with E-state index < -0.39 is 0 Å². The van der Waals surface area contributed by atoms with Gasteiger partial charge in [-0.25, -0.2) is 4.98 Å². The summed E-state index contributed by atoms with van der Waals surface area (Å²) >= 11 is 0. The Balaban J connectivity index is 1.38. The third-order valence-electron chi connectivity index (χ3n) is 3.98. The van der Waals surface area contributed by atoms with Crippen LogP contribution in [0.1, 0.15) is 40.8 Å². The Bertz CT molecular complexity index is 816. The Morgan fingerprint density at radius 2 is 2.09 bits per heavy atom. The van der Waals surface area contributed by atoms with Gasteiger partial charge in [0.1, 0.15) is 11.5 Å². The molecule has 0 bridgehead atoms. The lowest BCUT2D eigenvalue weighted by Gasteiger charge is -2.00. The molecule has 0 unspecified atom stereocenters. The lowest BCUT2D eigenvalue weighted by atomic mass is 10.2. The number of aromatic nitrogens is 4. The molecule has 1 amide bonds. The van der Waals surface area contributed by atoms with Gasteiger partial charge < -0.3 is 10.3 Å². The number of rotatable bonds is 5. The first-order valence-electron chi connectivity index (χ1n) is 7.72. The number of imidazole rings is 1. The second kappa shape index (κ2) is 5.72. The lowest BCUT2D eigenvalue weighted by molar-refractivity contribution is 0.0945. The Kier molecular flexibility index (Phi) is 3.42. The highest BCUT2D eigenvalue weighted by molar-refractivity contribution is 5.92. The van der Waals surface area contributed by atoms with Gasteiger partial charge >= 0.3 is 0 Å². The molecule has 0 saturated heterocycles. The number of carbonyl (C=O) groups excluding carboxylic acids is 1. The van der Waals surface area contributed by atoms with Crippen molar-refractivity contribution in [2.45, 2.75) is 25.3 Å². The van der Waals surface area contributed by atoms with Crippen LogP contribution in [0.25, 0.3) is 11.3 Å². The number of nitrogens with zero attached hydrogens (tertiary/aromatic N) is 2. The largest absolute Gasteiger partial charge is 0.343 e.